The van der Waals surface area contributed by atoms with Gasteiger partial charge < -0.3 is 19.9 Å². The number of hydrogen-bond acceptors (Lipinski definition) is 5. The lowest BCUT2D eigenvalue weighted by molar-refractivity contribution is -0.247. The van der Waals surface area contributed by atoms with Gasteiger partial charge in [0, 0.05) is 15.6 Å². The molecular formula is C25H30Cl2N2O3. The van der Waals surface area contributed by atoms with E-state index in [1.807, 2.05) is 31.2 Å². The number of hydrogen-bond donors (Lipinski definition) is 1. The second-order valence-electron chi connectivity index (χ2n) is 9.16. The number of amidine groups is 1. The molecule has 0 amide bonds. The van der Waals surface area contributed by atoms with E-state index in [9.17, 15) is 0 Å². The van der Waals surface area contributed by atoms with Gasteiger partial charge in [0.05, 0.1) is 18.6 Å². The van der Waals surface area contributed by atoms with E-state index in [4.69, 9.17) is 48.1 Å². The highest BCUT2D eigenvalue weighted by atomic mass is 35.5. The lowest BCUT2D eigenvalue weighted by Crippen LogP contribution is -2.71. The number of rotatable bonds is 5. The number of halogens is 2. The molecule has 3 heterocycles. The van der Waals surface area contributed by atoms with E-state index in [1.165, 1.54) is 0 Å². The molecule has 3 aliphatic rings. The predicted octanol–water partition coefficient (Wildman–Crippen LogP) is 5.86. The zero-order valence-electron chi connectivity index (χ0n) is 19.0. The Morgan fingerprint density at radius 2 is 1.97 bits per heavy atom. The zero-order chi connectivity index (χ0) is 23.1. The molecule has 172 valence electrons. The highest BCUT2D eigenvalue weighted by Gasteiger charge is 2.71. The number of aliphatic imine (C=N–C) groups is 1. The van der Waals surface area contributed by atoms with Crippen LogP contribution < -0.4 is 10.5 Å². The number of nitrogens with two attached hydrogens (primary N) is 1. The SMILES string of the molecule is CCC/C=C/C(Cl)=C\C(=C(/C)Cl)c1ccc2c(c1)C1(COC(N)=N1)C1(COC1)C(C)(C)O2. The first-order chi connectivity index (χ1) is 15.2. The fourth-order valence-corrected chi connectivity index (χ4v) is 5.24. The van der Waals surface area contributed by atoms with Crippen LogP contribution in [0.5, 0.6) is 5.75 Å². The van der Waals surface area contributed by atoms with Crippen molar-refractivity contribution in [2.45, 2.75) is 51.7 Å². The zero-order valence-corrected chi connectivity index (χ0v) is 20.5. The van der Waals surface area contributed by atoms with Crippen molar-refractivity contribution in [2.75, 3.05) is 19.8 Å². The Hall–Kier alpha value is -1.95. The summed E-state index contributed by atoms with van der Waals surface area (Å²) in [5.74, 6) is 0.766. The Balaban J connectivity index is 1.84. The van der Waals surface area contributed by atoms with E-state index < -0.39 is 11.1 Å². The summed E-state index contributed by atoms with van der Waals surface area (Å²) in [6.45, 7) is 9.54. The molecule has 32 heavy (non-hydrogen) atoms. The van der Waals surface area contributed by atoms with Crippen molar-refractivity contribution >= 4 is 34.8 Å². The van der Waals surface area contributed by atoms with Crippen LogP contribution in [0.4, 0.5) is 0 Å². The normalized spacial score (nSPS) is 26.3. The maximum absolute atomic E-state index is 6.51. The van der Waals surface area contributed by atoms with Crippen LogP contribution in [-0.2, 0) is 15.0 Å². The van der Waals surface area contributed by atoms with E-state index in [0.29, 0.717) is 29.9 Å². The minimum Gasteiger partial charge on any atom is -0.487 e. The molecule has 0 bridgehead atoms. The van der Waals surface area contributed by atoms with E-state index >= 15 is 0 Å². The van der Waals surface area contributed by atoms with Crippen molar-refractivity contribution in [3.63, 3.8) is 0 Å². The second-order valence-corrected chi connectivity index (χ2v) is 10.2. The van der Waals surface area contributed by atoms with E-state index in [2.05, 4.69) is 32.9 Å². The van der Waals surface area contributed by atoms with E-state index in [1.54, 1.807) is 0 Å². The summed E-state index contributed by atoms with van der Waals surface area (Å²) in [6, 6.07) is 6.24. The molecule has 1 saturated heterocycles. The average molecular weight is 477 g/mol. The van der Waals surface area contributed by atoms with Crippen molar-refractivity contribution in [1.82, 2.24) is 0 Å². The lowest BCUT2D eigenvalue weighted by atomic mass is 9.55. The standard InChI is InChI=1S/C25H30Cl2N2O3/c1-5-6-7-8-18(27)12-19(16(2)26)17-9-10-21-20(11-17)25(15-31-22(28)29-25)24(13-30-14-24)23(3,4)32-21/h7-12H,5-6,13-15H2,1-4H3,(H2,28,29)/b8-7+,18-12+,19-16-. The van der Waals surface area contributed by atoms with Crippen molar-refractivity contribution < 1.29 is 14.2 Å². The van der Waals surface area contributed by atoms with Gasteiger partial charge in [-0.1, -0.05) is 48.7 Å². The molecule has 5 nitrogen and oxygen atoms in total. The number of nitrogens with zero attached hydrogens (tertiary/aromatic N) is 1. The van der Waals surface area contributed by atoms with Gasteiger partial charge in [0.25, 0.3) is 6.02 Å². The average Bonchev–Trinajstić information content (AvgIpc) is 3.06. The fraction of sp³-hybridized carbons (Fsp3) is 0.480. The molecule has 0 aliphatic carbocycles. The Bertz CT molecular complexity index is 1030. The van der Waals surface area contributed by atoms with Crippen molar-refractivity contribution in [2.24, 2.45) is 16.1 Å². The summed E-state index contributed by atoms with van der Waals surface area (Å²) in [4.78, 5) is 4.86. The highest BCUT2D eigenvalue weighted by molar-refractivity contribution is 6.35. The molecule has 4 rings (SSSR count). The molecule has 2 spiro atoms. The monoisotopic (exact) mass is 476 g/mol. The first-order valence-corrected chi connectivity index (χ1v) is 11.7. The summed E-state index contributed by atoms with van der Waals surface area (Å²) >= 11 is 13.0. The van der Waals surface area contributed by atoms with Gasteiger partial charge in [-0.15, -0.1) is 0 Å². The third-order valence-corrected chi connectivity index (χ3v) is 7.30. The Morgan fingerprint density at radius 1 is 1.22 bits per heavy atom. The van der Waals surface area contributed by atoms with Gasteiger partial charge >= 0.3 is 0 Å². The minimum absolute atomic E-state index is 0.193. The first kappa shape index (κ1) is 23.2. The Kier molecular flexibility index (Phi) is 6.12. The summed E-state index contributed by atoms with van der Waals surface area (Å²) in [7, 11) is 0. The summed E-state index contributed by atoms with van der Waals surface area (Å²) in [6.07, 6.45) is 7.90. The molecule has 1 unspecified atom stereocenters. The number of ether oxygens (including phenoxy) is 3. The third-order valence-electron chi connectivity index (χ3n) is 6.86. The second kappa shape index (κ2) is 8.44. The molecule has 1 atom stereocenters. The Morgan fingerprint density at radius 3 is 2.53 bits per heavy atom. The molecule has 0 radical (unpaired) electrons. The Labute approximate surface area is 199 Å². The fourth-order valence-electron chi connectivity index (χ4n) is 4.88. The van der Waals surface area contributed by atoms with Gasteiger partial charge in [-0.05, 0) is 62.6 Å². The minimum atomic E-state index is -0.692. The molecule has 7 heteroatoms. The van der Waals surface area contributed by atoms with Crippen molar-refractivity contribution in [1.29, 1.82) is 0 Å². The van der Waals surface area contributed by atoms with Crippen LogP contribution >= 0.6 is 23.2 Å². The van der Waals surface area contributed by atoms with Gasteiger partial charge in [-0.3, -0.25) is 0 Å². The number of benzene rings is 1. The van der Waals surface area contributed by atoms with Crippen molar-refractivity contribution in [3.8, 4) is 5.75 Å². The van der Waals surface area contributed by atoms with E-state index in [0.717, 1.165) is 35.3 Å². The maximum Gasteiger partial charge on any atom is 0.283 e. The summed E-state index contributed by atoms with van der Waals surface area (Å²) in [5.41, 5.74) is 7.15. The van der Waals surface area contributed by atoms with Gasteiger partial charge in [-0.2, -0.15) is 0 Å². The topological polar surface area (TPSA) is 66.1 Å². The van der Waals surface area contributed by atoms with Crippen LogP contribution in [0.2, 0.25) is 0 Å². The van der Waals surface area contributed by atoms with Gasteiger partial charge in [0.15, 0.2) is 0 Å². The van der Waals surface area contributed by atoms with Crippen LogP contribution in [0.15, 0.2) is 51.5 Å². The smallest absolute Gasteiger partial charge is 0.283 e. The quantitative estimate of drug-likeness (QED) is 0.540. The molecule has 1 aromatic carbocycles. The number of allylic oxidation sites excluding steroid dienone is 6. The largest absolute Gasteiger partial charge is 0.487 e. The molecule has 1 aromatic rings. The van der Waals surface area contributed by atoms with E-state index in [-0.39, 0.29) is 11.4 Å². The number of fused-ring (bicyclic) bond motifs is 3. The molecule has 2 N–H and O–H groups in total. The molecule has 0 saturated carbocycles. The molecule has 3 aliphatic heterocycles. The van der Waals surface area contributed by atoms with Crippen LogP contribution in [0.3, 0.4) is 0 Å². The third kappa shape index (κ3) is 3.55. The highest BCUT2D eigenvalue weighted by Crippen LogP contribution is 2.62. The summed E-state index contributed by atoms with van der Waals surface area (Å²) < 4.78 is 17.9. The van der Waals surface area contributed by atoms with Gasteiger partial charge in [0.2, 0.25) is 0 Å². The van der Waals surface area contributed by atoms with Crippen LogP contribution in [0.1, 0.15) is 51.7 Å². The molecule has 0 aromatic heterocycles. The van der Waals surface area contributed by atoms with Gasteiger partial charge in [0.1, 0.15) is 23.5 Å². The van der Waals surface area contributed by atoms with Crippen LogP contribution in [0.25, 0.3) is 5.57 Å². The number of unbranched alkanes of at least 4 members (excludes halogenated alkanes) is 1. The van der Waals surface area contributed by atoms with Crippen molar-refractivity contribution in [3.05, 3.63) is 57.6 Å². The first-order valence-electron chi connectivity index (χ1n) is 11.0. The van der Waals surface area contributed by atoms with Crippen LogP contribution in [-0.4, -0.2) is 31.4 Å². The predicted molar refractivity (Wildman–Crippen MR) is 130 cm³/mol. The van der Waals surface area contributed by atoms with Gasteiger partial charge in [-0.25, -0.2) is 4.99 Å². The molecular weight excluding hydrogens is 447 g/mol. The maximum atomic E-state index is 6.51. The lowest BCUT2D eigenvalue weighted by Gasteiger charge is -2.61. The summed E-state index contributed by atoms with van der Waals surface area (Å²) in [5, 5.41) is 1.26. The van der Waals surface area contributed by atoms with Crippen LogP contribution in [0, 0.1) is 5.41 Å². The molecule has 1 fully saturated rings.